The molecule has 0 bridgehead atoms. The van der Waals surface area contributed by atoms with Gasteiger partial charge in [0.25, 0.3) is 5.91 Å². The molecule has 0 spiro atoms. The van der Waals surface area contributed by atoms with Crippen LogP contribution in [0.5, 0.6) is 5.75 Å². The first-order chi connectivity index (χ1) is 13.5. The molecule has 0 radical (unpaired) electrons. The fraction of sp³-hybridized carbons (Fsp3) is 0.571. The molecule has 0 heterocycles. The molecule has 1 aromatic carbocycles. The van der Waals surface area contributed by atoms with E-state index >= 15 is 0 Å². The number of methoxy groups -OCH3 is 1. The molecule has 1 aliphatic carbocycles. The summed E-state index contributed by atoms with van der Waals surface area (Å²) in [5.41, 5.74) is 0.926. The average molecular weight is 390 g/mol. The highest BCUT2D eigenvalue weighted by Crippen LogP contribution is 2.28. The Morgan fingerprint density at radius 1 is 1.11 bits per heavy atom. The molecule has 1 aromatic rings. The zero-order valence-corrected chi connectivity index (χ0v) is 16.7. The molecule has 0 saturated heterocycles. The molecule has 28 heavy (non-hydrogen) atoms. The highest BCUT2D eigenvalue weighted by Gasteiger charge is 2.15. The molecule has 1 fully saturated rings. The third-order valence-electron chi connectivity index (χ3n) is 4.88. The third kappa shape index (κ3) is 7.58. The summed E-state index contributed by atoms with van der Waals surface area (Å²) in [5, 5.41) is 5.28. The molecule has 1 aliphatic rings. The second-order valence-electron chi connectivity index (χ2n) is 7.20. The van der Waals surface area contributed by atoms with E-state index in [-0.39, 0.29) is 18.5 Å². The van der Waals surface area contributed by atoms with Crippen LogP contribution >= 0.6 is 0 Å². The van der Waals surface area contributed by atoms with Crippen LogP contribution in [0.1, 0.15) is 58.3 Å². The smallest absolute Gasteiger partial charge is 0.306 e. The van der Waals surface area contributed by atoms with Gasteiger partial charge in [-0.05, 0) is 37.0 Å². The van der Waals surface area contributed by atoms with Crippen molar-refractivity contribution >= 4 is 29.2 Å². The fourth-order valence-corrected chi connectivity index (χ4v) is 3.50. The van der Waals surface area contributed by atoms with Gasteiger partial charge >= 0.3 is 5.97 Å². The Morgan fingerprint density at radius 3 is 2.54 bits per heavy atom. The van der Waals surface area contributed by atoms with Gasteiger partial charge in [0.05, 0.1) is 12.8 Å². The van der Waals surface area contributed by atoms with Crippen LogP contribution in [-0.4, -0.2) is 31.5 Å². The van der Waals surface area contributed by atoms with Gasteiger partial charge in [0, 0.05) is 19.0 Å². The number of hydrogen-bond donors (Lipinski definition) is 2. The summed E-state index contributed by atoms with van der Waals surface area (Å²) in [4.78, 5) is 35.2. The number of rotatable bonds is 9. The first-order valence-corrected chi connectivity index (χ1v) is 9.89. The minimum atomic E-state index is -0.459. The maximum atomic E-state index is 12.1. The maximum absolute atomic E-state index is 12.1. The van der Waals surface area contributed by atoms with Crippen molar-refractivity contribution in [1.29, 1.82) is 0 Å². The first-order valence-electron chi connectivity index (χ1n) is 9.89. The van der Waals surface area contributed by atoms with Crippen molar-refractivity contribution in [1.82, 2.24) is 0 Å². The Morgan fingerprint density at radius 2 is 1.86 bits per heavy atom. The Balaban J connectivity index is 1.75. The van der Waals surface area contributed by atoms with Crippen molar-refractivity contribution in [2.24, 2.45) is 5.92 Å². The van der Waals surface area contributed by atoms with Crippen LogP contribution < -0.4 is 15.4 Å². The Labute approximate surface area is 166 Å². The van der Waals surface area contributed by atoms with E-state index in [1.807, 2.05) is 0 Å². The molecule has 7 heteroatoms. The number of esters is 1. The van der Waals surface area contributed by atoms with E-state index in [9.17, 15) is 14.4 Å². The lowest BCUT2D eigenvalue weighted by Crippen LogP contribution is -2.21. The van der Waals surface area contributed by atoms with Gasteiger partial charge in [-0.2, -0.15) is 0 Å². The highest BCUT2D eigenvalue weighted by molar-refractivity contribution is 5.96. The zero-order valence-electron chi connectivity index (χ0n) is 16.7. The Hall–Kier alpha value is -2.57. The largest absolute Gasteiger partial charge is 0.495 e. The van der Waals surface area contributed by atoms with Crippen molar-refractivity contribution in [2.75, 3.05) is 24.4 Å². The van der Waals surface area contributed by atoms with Crippen LogP contribution in [-0.2, 0) is 19.1 Å². The number of benzene rings is 1. The topological polar surface area (TPSA) is 93.7 Å². The molecular weight excluding hydrogens is 360 g/mol. The maximum Gasteiger partial charge on any atom is 0.306 e. The summed E-state index contributed by atoms with van der Waals surface area (Å²) < 4.78 is 10.3. The number of nitrogens with one attached hydrogen (secondary N) is 2. The lowest BCUT2D eigenvalue weighted by Gasteiger charge is -2.20. The Bertz CT molecular complexity index is 683. The van der Waals surface area contributed by atoms with E-state index < -0.39 is 5.91 Å². The van der Waals surface area contributed by atoms with Crippen LogP contribution in [0.25, 0.3) is 0 Å². The number of carbonyl (C=O) groups is 3. The standard InChI is InChI=1S/C21H30N2O5/c1-15(24)22-17-11-12-19(27-2)18(13-17)23-20(25)14-28-21(26)10-6-9-16-7-4-3-5-8-16/h11-13,16H,3-10,14H2,1-2H3,(H,22,24)(H,23,25). The second-order valence-corrected chi connectivity index (χ2v) is 7.20. The van der Waals surface area contributed by atoms with Crippen molar-refractivity contribution in [3.05, 3.63) is 18.2 Å². The average Bonchev–Trinajstić information content (AvgIpc) is 2.67. The predicted octanol–water partition coefficient (Wildman–Crippen LogP) is 3.89. The molecule has 0 atom stereocenters. The summed E-state index contributed by atoms with van der Waals surface area (Å²) in [6, 6.07) is 4.89. The second kappa shape index (κ2) is 11.3. The fourth-order valence-electron chi connectivity index (χ4n) is 3.50. The van der Waals surface area contributed by atoms with Crippen LogP contribution in [0.3, 0.4) is 0 Å². The summed E-state index contributed by atoms with van der Waals surface area (Å²) in [6.45, 7) is 1.05. The molecule has 0 aliphatic heterocycles. The zero-order chi connectivity index (χ0) is 20.4. The minimum absolute atomic E-state index is 0.218. The van der Waals surface area contributed by atoms with E-state index in [1.165, 1.54) is 46.1 Å². The van der Waals surface area contributed by atoms with E-state index in [4.69, 9.17) is 9.47 Å². The third-order valence-corrected chi connectivity index (χ3v) is 4.88. The summed E-state index contributed by atoms with van der Waals surface area (Å²) in [7, 11) is 1.48. The number of carbonyl (C=O) groups excluding carboxylic acids is 3. The lowest BCUT2D eigenvalue weighted by molar-refractivity contribution is -0.147. The van der Waals surface area contributed by atoms with Gasteiger partial charge < -0.3 is 20.1 Å². The molecule has 7 nitrogen and oxygen atoms in total. The molecule has 2 amide bonds. The van der Waals surface area contributed by atoms with Gasteiger partial charge in [-0.1, -0.05) is 32.1 Å². The summed E-state index contributed by atoms with van der Waals surface area (Å²) in [5.74, 6) is 0.142. The first kappa shape index (κ1) is 21.7. The minimum Gasteiger partial charge on any atom is -0.495 e. The molecular formula is C21H30N2O5. The van der Waals surface area contributed by atoms with Crippen molar-refractivity contribution < 1.29 is 23.9 Å². The molecule has 1 saturated carbocycles. The summed E-state index contributed by atoms with van der Waals surface area (Å²) >= 11 is 0. The van der Waals surface area contributed by atoms with E-state index in [0.717, 1.165) is 18.8 Å². The van der Waals surface area contributed by atoms with Gasteiger partial charge in [0.2, 0.25) is 5.91 Å². The summed E-state index contributed by atoms with van der Waals surface area (Å²) in [6.07, 6.45) is 8.63. The highest BCUT2D eigenvalue weighted by atomic mass is 16.5. The SMILES string of the molecule is COc1ccc(NC(C)=O)cc1NC(=O)COC(=O)CCCC1CCCCC1. The van der Waals surface area contributed by atoms with E-state index in [0.29, 0.717) is 23.5 Å². The number of ether oxygens (including phenoxy) is 2. The number of hydrogen-bond acceptors (Lipinski definition) is 5. The van der Waals surface area contributed by atoms with Gasteiger partial charge in [-0.3, -0.25) is 14.4 Å². The van der Waals surface area contributed by atoms with Crippen molar-refractivity contribution in [2.45, 2.75) is 58.3 Å². The lowest BCUT2D eigenvalue weighted by atomic mass is 9.86. The van der Waals surface area contributed by atoms with E-state index in [1.54, 1.807) is 18.2 Å². The quantitative estimate of drug-likeness (QED) is 0.624. The molecule has 0 unspecified atom stereocenters. The van der Waals surface area contributed by atoms with Crippen molar-refractivity contribution in [3.63, 3.8) is 0 Å². The monoisotopic (exact) mass is 390 g/mol. The number of amides is 2. The molecule has 0 aromatic heterocycles. The Kier molecular flexibility index (Phi) is 8.78. The predicted molar refractivity (Wildman–Crippen MR) is 107 cm³/mol. The van der Waals surface area contributed by atoms with Gasteiger partial charge in [-0.25, -0.2) is 0 Å². The molecule has 2 rings (SSSR count). The van der Waals surface area contributed by atoms with Gasteiger partial charge in [-0.15, -0.1) is 0 Å². The van der Waals surface area contributed by atoms with Gasteiger partial charge in [0.1, 0.15) is 5.75 Å². The van der Waals surface area contributed by atoms with Gasteiger partial charge in [0.15, 0.2) is 6.61 Å². The molecule has 2 N–H and O–H groups in total. The number of anilines is 2. The van der Waals surface area contributed by atoms with E-state index in [2.05, 4.69) is 10.6 Å². The van der Waals surface area contributed by atoms with Crippen LogP contribution in [0, 0.1) is 5.92 Å². The normalized spacial score (nSPS) is 14.2. The van der Waals surface area contributed by atoms with Crippen LogP contribution in [0.15, 0.2) is 18.2 Å². The van der Waals surface area contributed by atoms with Crippen LogP contribution in [0.2, 0.25) is 0 Å². The molecule has 154 valence electrons. The van der Waals surface area contributed by atoms with Crippen LogP contribution in [0.4, 0.5) is 11.4 Å². The van der Waals surface area contributed by atoms with Crippen molar-refractivity contribution in [3.8, 4) is 5.75 Å².